The summed E-state index contributed by atoms with van der Waals surface area (Å²) < 4.78 is 7.36. The molecule has 7 heteroatoms. The van der Waals surface area contributed by atoms with Gasteiger partial charge in [-0.1, -0.05) is 20.3 Å². The molecule has 2 aromatic rings. The summed E-state index contributed by atoms with van der Waals surface area (Å²) in [5.41, 5.74) is 0. The Morgan fingerprint density at radius 2 is 2.10 bits per heavy atom. The maximum atomic E-state index is 5.77. The Kier molecular flexibility index (Phi) is 5.48. The highest BCUT2D eigenvalue weighted by atomic mass is 16.5. The summed E-state index contributed by atoms with van der Waals surface area (Å²) in [4.78, 5) is 13.0. The average Bonchev–Trinajstić information content (AvgIpc) is 2.99. The van der Waals surface area contributed by atoms with E-state index in [1.54, 1.807) is 17.1 Å². The quantitative estimate of drug-likeness (QED) is 0.804. The van der Waals surface area contributed by atoms with Gasteiger partial charge in [0.1, 0.15) is 0 Å². The smallest absolute Gasteiger partial charge is 0.323 e. The fourth-order valence-electron chi connectivity index (χ4n) is 1.85. The zero-order valence-electron chi connectivity index (χ0n) is 12.8. The van der Waals surface area contributed by atoms with Crippen molar-refractivity contribution in [1.29, 1.82) is 0 Å². The van der Waals surface area contributed by atoms with E-state index in [4.69, 9.17) is 4.74 Å². The van der Waals surface area contributed by atoms with Crippen LogP contribution in [0.2, 0.25) is 0 Å². The molecule has 0 radical (unpaired) electrons. The number of nitrogens with one attached hydrogen (secondary N) is 1. The van der Waals surface area contributed by atoms with Crippen LogP contribution >= 0.6 is 0 Å². The Hall–Kier alpha value is -2.18. The van der Waals surface area contributed by atoms with Gasteiger partial charge in [-0.2, -0.15) is 20.1 Å². The summed E-state index contributed by atoms with van der Waals surface area (Å²) >= 11 is 0. The lowest BCUT2D eigenvalue weighted by Gasteiger charge is -2.13. The van der Waals surface area contributed by atoms with Crippen molar-refractivity contribution in [2.45, 2.75) is 46.1 Å². The van der Waals surface area contributed by atoms with Crippen LogP contribution < -0.4 is 10.1 Å². The summed E-state index contributed by atoms with van der Waals surface area (Å²) in [7, 11) is 0. The third-order valence-electron chi connectivity index (χ3n) is 2.85. The van der Waals surface area contributed by atoms with Gasteiger partial charge in [-0.25, -0.2) is 4.68 Å². The minimum atomic E-state index is 0.0712. The van der Waals surface area contributed by atoms with Crippen LogP contribution in [0.1, 0.15) is 40.0 Å². The zero-order valence-corrected chi connectivity index (χ0v) is 12.8. The van der Waals surface area contributed by atoms with Crippen LogP contribution in [-0.2, 0) is 0 Å². The molecule has 2 rings (SSSR count). The summed E-state index contributed by atoms with van der Waals surface area (Å²) in [5.74, 6) is 0.961. The Morgan fingerprint density at radius 3 is 2.76 bits per heavy atom. The van der Waals surface area contributed by atoms with E-state index in [9.17, 15) is 0 Å². The lowest BCUT2D eigenvalue weighted by Crippen LogP contribution is -2.16. The predicted octanol–water partition coefficient (Wildman–Crippen LogP) is 2.45. The molecule has 0 aliphatic carbocycles. The fourth-order valence-corrected chi connectivity index (χ4v) is 1.85. The third-order valence-corrected chi connectivity index (χ3v) is 2.85. The van der Waals surface area contributed by atoms with Gasteiger partial charge in [0.25, 0.3) is 5.95 Å². The molecular formula is C14H22N6O. The van der Waals surface area contributed by atoms with Crippen molar-refractivity contribution in [2.75, 3.05) is 11.9 Å². The van der Waals surface area contributed by atoms with E-state index >= 15 is 0 Å². The molecule has 2 aromatic heterocycles. The largest absolute Gasteiger partial charge is 0.460 e. The van der Waals surface area contributed by atoms with Crippen LogP contribution in [0.25, 0.3) is 5.95 Å². The molecule has 114 valence electrons. The minimum absolute atomic E-state index is 0.0712. The number of anilines is 1. The van der Waals surface area contributed by atoms with Gasteiger partial charge in [0.05, 0.1) is 6.10 Å². The van der Waals surface area contributed by atoms with E-state index in [1.165, 1.54) is 0 Å². The van der Waals surface area contributed by atoms with Gasteiger partial charge in [-0.15, -0.1) is 0 Å². The molecule has 0 aliphatic rings. The molecule has 0 amide bonds. The lowest BCUT2D eigenvalue weighted by atomic mass is 10.2. The molecule has 0 aliphatic heterocycles. The molecule has 0 spiro atoms. The first-order valence-corrected chi connectivity index (χ1v) is 7.39. The second kappa shape index (κ2) is 7.56. The number of hydrogen-bond acceptors (Lipinski definition) is 6. The summed E-state index contributed by atoms with van der Waals surface area (Å²) in [6.45, 7) is 7.02. The van der Waals surface area contributed by atoms with Crippen molar-refractivity contribution in [3.8, 4) is 12.0 Å². The Labute approximate surface area is 124 Å². The van der Waals surface area contributed by atoms with Gasteiger partial charge in [0, 0.05) is 18.9 Å². The topological polar surface area (TPSA) is 77.8 Å². The molecule has 1 unspecified atom stereocenters. The van der Waals surface area contributed by atoms with Gasteiger partial charge < -0.3 is 10.1 Å². The van der Waals surface area contributed by atoms with E-state index in [-0.39, 0.29) is 6.10 Å². The van der Waals surface area contributed by atoms with Crippen LogP contribution in [0.3, 0.4) is 0 Å². The molecule has 7 nitrogen and oxygen atoms in total. The maximum absolute atomic E-state index is 5.77. The van der Waals surface area contributed by atoms with Gasteiger partial charge in [0.15, 0.2) is 0 Å². The Balaban J connectivity index is 2.24. The number of hydrogen-bond donors (Lipinski definition) is 1. The monoisotopic (exact) mass is 290 g/mol. The first-order valence-electron chi connectivity index (χ1n) is 7.39. The van der Waals surface area contributed by atoms with Gasteiger partial charge >= 0.3 is 6.01 Å². The van der Waals surface area contributed by atoms with Crippen molar-refractivity contribution in [3.05, 3.63) is 18.5 Å². The second-order valence-corrected chi connectivity index (χ2v) is 4.84. The number of rotatable bonds is 8. The van der Waals surface area contributed by atoms with E-state index in [0.29, 0.717) is 17.9 Å². The number of nitrogens with zero attached hydrogens (tertiary/aromatic N) is 5. The summed E-state index contributed by atoms with van der Waals surface area (Å²) in [6, 6.07) is 2.15. The summed E-state index contributed by atoms with van der Waals surface area (Å²) in [6.07, 6.45) is 6.55. The highest BCUT2D eigenvalue weighted by molar-refractivity contribution is 5.29. The van der Waals surface area contributed by atoms with Crippen LogP contribution in [0.4, 0.5) is 5.95 Å². The van der Waals surface area contributed by atoms with E-state index < -0.39 is 0 Å². The standard InChI is InChI=1S/C14H22N6O/c1-4-7-11(3)21-14-18-12(15-8-5-2)17-13(19-14)20-10-6-9-16-20/h6,9-11H,4-5,7-8H2,1-3H3,(H,15,17,18,19). The molecule has 21 heavy (non-hydrogen) atoms. The molecule has 0 bridgehead atoms. The highest BCUT2D eigenvalue weighted by Crippen LogP contribution is 2.13. The van der Waals surface area contributed by atoms with Crippen molar-refractivity contribution in [3.63, 3.8) is 0 Å². The third kappa shape index (κ3) is 4.40. The van der Waals surface area contributed by atoms with Crippen LogP contribution in [-0.4, -0.2) is 37.4 Å². The maximum Gasteiger partial charge on any atom is 0.323 e. The number of ether oxygens (including phenoxy) is 1. The van der Waals surface area contributed by atoms with Gasteiger partial charge in [-0.05, 0) is 25.8 Å². The minimum Gasteiger partial charge on any atom is -0.460 e. The molecule has 0 aromatic carbocycles. The van der Waals surface area contributed by atoms with Gasteiger partial charge in [-0.3, -0.25) is 0 Å². The van der Waals surface area contributed by atoms with E-state index in [1.807, 2.05) is 13.0 Å². The average molecular weight is 290 g/mol. The van der Waals surface area contributed by atoms with Crippen molar-refractivity contribution < 1.29 is 4.74 Å². The first-order chi connectivity index (χ1) is 10.2. The zero-order chi connectivity index (χ0) is 15.1. The van der Waals surface area contributed by atoms with Crippen molar-refractivity contribution in [1.82, 2.24) is 24.7 Å². The molecule has 0 fully saturated rings. The Morgan fingerprint density at radius 1 is 1.24 bits per heavy atom. The highest BCUT2D eigenvalue weighted by Gasteiger charge is 2.11. The van der Waals surface area contributed by atoms with E-state index in [2.05, 4.69) is 39.2 Å². The van der Waals surface area contributed by atoms with E-state index in [0.717, 1.165) is 25.8 Å². The SMILES string of the molecule is CCCNc1nc(OC(C)CCC)nc(-n2cccn2)n1. The molecule has 1 N–H and O–H groups in total. The number of aromatic nitrogens is 5. The normalized spacial score (nSPS) is 12.1. The van der Waals surface area contributed by atoms with Crippen LogP contribution in [0, 0.1) is 0 Å². The lowest BCUT2D eigenvalue weighted by molar-refractivity contribution is 0.192. The van der Waals surface area contributed by atoms with Crippen molar-refractivity contribution >= 4 is 5.95 Å². The molecular weight excluding hydrogens is 268 g/mol. The first kappa shape index (κ1) is 15.2. The molecule has 2 heterocycles. The fraction of sp³-hybridized carbons (Fsp3) is 0.571. The van der Waals surface area contributed by atoms with Gasteiger partial charge in [0.2, 0.25) is 5.95 Å². The molecule has 0 saturated heterocycles. The predicted molar refractivity (Wildman–Crippen MR) is 80.7 cm³/mol. The van der Waals surface area contributed by atoms with Crippen molar-refractivity contribution in [2.24, 2.45) is 0 Å². The molecule has 1 atom stereocenters. The van der Waals surface area contributed by atoms with Crippen LogP contribution in [0.15, 0.2) is 18.5 Å². The Bertz CT molecular complexity index is 542. The van der Waals surface area contributed by atoms with Crippen LogP contribution in [0.5, 0.6) is 6.01 Å². The summed E-state index contributed by atoms with van der Waals surface area (Å²) in [5, 5.41) is 7.30. The molecule has 0 saturated carbocycles. The second-order valence-electron chi connectivity index (χ2n) is 4.84.